The molecule has 100 valence electrons. The summed E-state index contributed by atoms with van der Waals surface area (Å²) in [7, 11) is 0. The molecule has 2 aliphatic rings. The van der Waals surface area contributed by atoms with E-state index in [1.807, 2.05) is 42.5 Å². The molecule has 0 bridgehead atoms. The van der Waals surface area contributed by atoms with Crippen molar-refractivity contribution in [1.29, 1.82) is 0 Å². The smallest absolute Gasteiger partial charge is 0.307 e. The van der Waals surface area contributed by atoms with Crippen LogP contribution in [0.4, 0.5) is 0 Å². The van der Waals surface area contributed by atoms with Gasteiger partial charge in [-0.25, -0.2) is 0 Å². The molecule has 3 heteroatoms. The summed E-state index contributed by atoms with van der Waals surface area (Å²) in [4.78, 5) is 11.6. The van der Waals surface area contributed by atoms with Gasteiger partial charge in [0.05, 0.1) is 12.0 Å². The van der Waals surface area contributed by atoms with Crippen molar-refractivity contribution in [2.45, 2.75) is 18.4 Å². The maximum Gasteiger partial charge on any atom is 0.307 e. The summed E-state index contributed by atoms with van der Waals surface area (Å²) in [5.74, 6) is -1.51. The van der Waals surface area contributed by atoms with Crippen LogP contribution in [0.2, 0.25) is 0 Å². The predicted octanol–water partition coefficient (Wildman–Crippen LogP) is 2.94. The Morgan fingerprint density at radius 1 is 1.00 bits per heavy atom. The summed E-state index contributed by atoms with van der Waals surface area (Å²) >= 11 is 0. The highest BCUT2D eigenvalue weighted by atomic mass is 16.4. The molecule has 20 heavy (non-hydrogen) atoms. The number of aliphatic hydroxyl groups excluding tert-OH is 1. The minimum Gasteiger partial charge on any atom is -0.481 e. The lowest BCUT2D eigenvalue weighted by atomic mass is 9.73. The van der Waals surface area contributed by atoms with E-state index >= 15 is 0 Å². The second-order valence-corrected chi connectivity index (χ2v) is 5.57. The summed E-state index contributed by atoms with van der Waals surface area (Å²) in [6.07, 6.45) is -0.401. The largest absolute Gasteiger partial charge is 0.481 e. The minimum absolute atomic E-state index is 0.127. The number of hydrogen-bond donors (Lipinski definition) is 2. The standard InChI is InChI=1S/C17H14O3/c18-14-8-13(17(19)20)16-10-5-2-1-4-9(10)11-6-3-7-12(14)15(11)16/h1-7,13-14,16,18H,8H2,(H,19,20)/t13-,14-,16+/m1/s1. The summed E-state index contributed by atoms with van der Waals surface area (Å²) in [5.41, 5.74) is 5.16. The average molecular weight is 266 g/mol. The quantitative estimate of drug-likeness (QED) is 0.834. The van der Waals surface area contributed by atoms with Crippen molar-refractivity contribution in [3.8, 4) is 11.1 Å². The molecule has 3 atom stereocenters. The fourth-order valence-corrected chi connectivity index (χ4v) is 3.79. The molecule has 0 amide bonds. The Labute approximate surface area is 116 Å². The number of carbonyl (C=O) groups is 1. The SMILES string of the molecule is O=C(O)[C@@H]1C[C@@H](O)c2cccc3c2[C@H]1c1ccccc1-3. The molecule has 2 aliphatic carbocycles. The van der Waals surface area contributed by atoms with Crippen molar-refractivity contribution in [3.05, 3.63) is 59.2 Å². The van der Waals surface area contributed by atoms with Crippen LogP contribution in [0.1, 0.15) is 35.1 Å². The molecule has 0 saturated heterocycles. The van der Waals surface area contributed by atoms with E-state index in [0.29, 0.717) is 0 Å². The van der Waals surface area contributed by atoms with E-state index in [2.05, 4.69) is 0 Å². The number of rotatable bonds is 1. The number of carboxylic acids is 1. The molecule has 0 spiro atoms. The molecule has 0 heterocycles. The van der Waals surface area contributed by atoms with E-state index in [9.17, 15) is 15.0 Å². The minimum atomic E-state index is -0.828. The lowest BCUT2D eigenvalue weighted by Crippen LogP contribution is -2.29. The first-order valence-corrected chi connectivity index (χ1v) is 6.81. The fraction of sp³-hybridized carbons (Fsp3) is 0.235. The van der Waals surface area contributed by atoms with Gasteiger partial charge in [-0.15, -0.1) is 0 Å². The zero-order chi connectivity index (χ0) is 13.9. The van der Waals surface area contributed by atoms with Crippen LogP contribution in [0, 0.1) is 5.92 Å². The van der Waals surface area contributed by atoms with E-state index in [1.54, 1.807) is 0 Å². The first-order chi connectivity index (χ1) is 9.68. The van der Waals surface area contributed by atoms with Gasteiger partial charge in [-0.1, -0.05) is 42.5 Å². The maximum absolute atomic E-state index is 11.6. The van der Waals surface area contributed by atoms with E-state index < -0.39 is 18.0 Å². The molecule has 0 radical (unpaired) electrons. The van der Waals surface area contributed by atoms with Gasteiger partial charge in [0.2, 0.25) is 0 Å². The summed E-state index contributed by atoms with van der Waals surface area (Å²) < 4.78 is 0. The lowest BCUT2D eigenvalue weighted by molar-refractivity contribution is -0.143. The van der Waals surface area contributed by atoms with Crippen LogP contribution in [0.25, 0.3) is 11.1 Å². The van der Waals surface area contributed by atoms with Crippen molar-refractivity contribution in [2.75, 3.05) is 0 Å². The molecule has 3 nitrogen and oxygen atoms in total. The second kappa shape index (κ2) is 3.93. The summed E-state index contributed by atoms with van der Waals surface area (Å²) in [5, 5.41) is 19.8. The number of aliphatic carboxylic acids is 1. The van der Waals surface area contributed by atoms with E-state index in [4.69, 9.17) is 0 Å². The molecule has 0 unspecified atom stereocenters. The number of fused-ring (bicyclic) bond motifs is 3. The van der Waals surface area contributed by atoms with Gasteiger partial charge in [0.15, 0.2) is 0 Å². The third-order valence-corrected chi connectivity index (χ3v) is 4.59. The van der Waals surface area contributed by atoms with Crippen LogP contribution >= 0.6 is 0 Å². The molecule has 0 saturated carbocycles. The Kier molecular flexibility index (Phi) is 2.30. The normalized spacial score (nSPS) is 25.9. The lowest BCUT2D eigenvalue weighted by Gasteiger charge is -2.32. The Hall–Kier alpha value is -2.13. The van der Waals surface area contributed by atoms with Crippen LogP contribution in [0.5, 0.6) is 0 Å². The molecular formula is C17H14O3. The third-order valence-electron chi connectivity index (χ3n) is 4.59. The molecule has 0 fully saturated rings. The monoisotopic (exact) mass is 266 g/mol. The molecule has 0 aromatic heterocycles. The van der Waals surface area contributed by atoms with Gasteiger partial charge in [0.25, 0.3) is 0 Å². The van der Waals surface area contributed by atoms with Gasteiger partial charge in [0, 0.05) is 5.92 Å². The zero-order valence-electron chi connectivity index (χ0n) is 10.8. The van der Waals surface area contributed by atoms with Crippen molar-refractivity contribution in [2.24, 2.45) is 5.92 Å². The summed E-state index contributed by atoms with van der Waals surface area (Å²) in [6.45, 7) is 0. The van der Waals surface area contributed by atoms with Crippen molar-refractivity contribution in [3.63, 3.8) is 0 Å². The fourth-order valence-electron chi connectivity index (χ4n) is 3.79. The highest BCUT2D eigenvalue weighted by Crippen LogP contribution is 2.55. The Morgan fingerprint density at radius 2 is 1.70 bits per heavy atom. The van der Waals surface area contributed by atoms with Gasteiger partial charge in [-0.3, -0.25) is 4.79 Å². The highest BCUT2D eigenvalue weighted by molar-refractivity contribution is 5.85. The van der Waals surface area contributed by atoms with Gasteiger partial charge in [-0.2, -0.15) is 0 Å². The van der Waals surface area contributed by atoms with Gasteiger partial charge in [0.1, 0.15) is 0 Å². The molecule has 2 aromatic rings. The van der Waals surface area contributed by atoms with E-state index in [0.717, 1.165) is 27.8 Å². The molecule has 0 aliphatic heterocycles. The van der Waals surface area contributed by atoms with Crippen LogP contribution < -0.4 is 0 Å². The second-order valence-electron chi connectivity index (χ2n) is 5.57. The number of hydrogen-bond acceptors (Lipinski definition) is 2. The maximum atomic E-state index is 11.6. The van der Waals surface area contributed by atoms with Crippen LogP contribution in [-0.4, -0.2) is 16.2 Å². The summed E-state index contributed by atoms with van der Waals surface area (Å²) in [6, 6.07) is 13.9. The topological polar surface area (TPSA) is 57.5 Å². The van der Waals surface area contributed by atoms with Gasteiger partial charge < -0.3 is 10.2 Å². The van der Waals surface area contributed by atoms with E-state index in [1.165, 1.54) is 0 Å². The van der Waals surface area contributed by atoms with Crippen molar-refractivity contribution in [1.82, 2.24) is 0 Å². The molecule has 2 N–H and O–H groups in total. The zero-order valence-corrected chi connectivity index (χ0v) is 10.8. The van der Waals surface area contributed by atoms with Gasteiger partial charge in [-0.05, 0) is 34.2 Å². The number of carboxylic acid groups (broad SMARTS) is 1. The predicted molar refractivity (Wildman–Crippen MR) is 74.4 cm³/mol. The Balaban J connectivity index is 2.05. The van der Waals surface area contributed by atoms with Crippen molar-refractivity contribution >= 4 is 5.97 Å². The van der Waals surface area contributed by atoms with Crippen LogP contribution in [0.15, 0.2) is 42.5 Å². The van der Waals surface area contributed by atoms with E-state index in [-0.39, 0.29) is 12.3 Å². The average Bonchev–Trinajstić information content (AvgIpc) is 2.79. The Bertz CT molecular complexity index is 720. The van der Waals surface area contributed by atoms with Crippen LogP contribution in [-0.2, 0) is 4.79 Å². The molecule has 4 rings (SSSR count). The first-order valence-electron chi connectivity index (χ1n) is 6.81. The molecular weight excluding hydrogens is 252 g/mol. The Morgan fingerprint density at radius 3 is 2.50 bits per heavy atom. The molecule has 2 aromatic carbocycles. The van der Waals surface area contributed by atoms with Crippen LogP contribution in [0.3, 0.4) is 0 Å². The van der Waals surface area contributed by atoms with Crippen molar-refractivity contribution < 1.29 is 15.0 Å². The first kappa shape index (κ1) is 11.7. The highest BCUT2D eigenvalue weighted by Gasteiger charge is 2.44. The number of benzene rings is 2. The number of aliphatic hydroxyl groups is 1. The van der Waals surface area contributed by atoms with Gasteiger partial charge >= 0.3 is 5.97 Å². The third kappa shape index (κ3) is 1.36.